The molecule has 5 heteroatoms. The van der Waals surface area contributed by atoms with E-state index in [1.54, 1.807) is 12.0 Å². The lowest BCUT2D eigenvalue weighted by atomic mass is 9.92. The largest absolute Gasteiger partial charge is 0.497 e. The van der Waals surface area contributed by atoms with Gasteiger partial charge in [0, 0.05) is 25.1 Å². The van der Waals surface area contributed by atoms with Gasteiger partial charge >= 0.3 is 0 Å². The van der Waals surface area contributed by atoms with Gasteiger partial charge in [0.15, 0.2) is 0 Å². The molecular formula is C17H24N2O3. The SMILES string of the molecule is COc1ccc(N2C[C@@H](NC(=O)CC(C)(C)C)CC2=O)cc1. The zero-order valence-electron chi connectivity index (χ0n) is 13.7. The van der Waals surface area contributed by atoms with E-state index >= 15 is 0 Å². The molecule has 0 aromatic heterocycles. The number of benzene rings is 1. The van der Waals surface area contributed by atoms with Crippen molar-refractivity contribution in [3.05, 3.63) is 24.3 Å². The van der Waals surface area contributed by atoms with Crippen molar-refractivity contribution in [2.24, 2.45) is 5.41 Å². The number of hydrogen-bond donors (Lipinski definition) is 1. The predicted octanol–water partition coefficient (Wildman–Crippen LogP) is 2.35. The van der Waals surface area contributed by atoms with Crippen molar-refractivity contribution in [2.75, 3.05) is 18.6 Å². The molecule has 120 valence electrons. The Morgan fingerprint density at radius 1 is 1.32 bits per heavy atom. The average molecular weight is 304 g/mol. The van der Waals surface area contributed by atoms with Crippen molar-refractivity contribution in [3.8, 4) is 5.75 Å². The zero-order valence-corrected chi connectivity index (χ0v) is 13.7. The van der Waals surface area contributed by atoms with Crippen LogP contribution in [-0.2, 0) is 9.59 Å². The first-order valence-corrected chi connectivity index (χ1v) is 7.52. The average Bonchev–Trinajstić information content (AvgIpc) is 2.77. The molecule has 1 aliphatic rings. The molecule has 1 atom stereocenters. The first-order chi connectivity index (χ1) is 10.3. The van der Waals surface area contributed by atoms with Gasteiger partial charge in [-0.3, -0.25) is 9.59 Å². The van der Waals surface area contributed by atoms with Gasteiger partial charge in [0.25, 0.3) is 0 Å². The molecule has 0 aliphatic carbocycles. The van der Waals surface area contributed by atoms with Gasteiger partial charge < -0.3 is 15.0 Å². The van der Waals surface area contributed by atoms with E-state index in [2.05, 4.69) is 5.32 Å². The van der Waals surface area contributed by atoms with E-state index in [0.717, 1.165) is 11.4 Å². The van der Waals surface area contributed by atoms with Crippen LogP contribution < -0.4 is 15.0 Å². The summed E-state index contributed by atoms with van der Waals surface area (Å²) in [5.74, 6) is 0.790. The molecule has 2 rings (SSSR count). The van der Waals surface area contributed by atoms with Crippen LogP contribution in [0, 0.1) is 5.41 Å². The van der Waals surface area contributed by atoms with Crippen LogP contribution in [0.4, 0.5) is 5.69 Å². The second kappa shape index (κ2) is 6.38. The van der Waals surface area contributed by atoms with Crippen molar-refractivity contribution in [3.63, 3.8) is 0 Å². The minimum Gasteiger partial charge on any atom is -0.497 e. The quantitative estimate of drug-likeness (QED) is 0.929. The third kappa shape index (κ3) is 4.23. The number of amides is 2. The van der Waals surface area contributed by atoms with Gasteiger partial charge in [0.05, 0.1) is 13.2 Å². The normalized spacial score (nSPS) is 18.5. The minimum absolute atomic E-state index is 0.00174. The maximum absolute atomic E-state index is 12.1. The molecule has 0 spiro atoms. The molecule has 0 unspecified atom stereocenters. The maximum Gasteiger partial charge on any atom is 0.229 e. The summed E-state index contributed by atoms with van der Waals surface area (Å²) in [5.41, 5.74) is 0.779. The first-order valence-electron chi connectivity index (χ1n) is 7.52. The number of nitrogens with one attached hydrogen (secondary N) is 1. The van der Waals surface area contributed by atoms with E-state index in [4.69, 9.17) is 4.74 Å². The van der Waals surface area contributed by atoms with Crippen LogP contribution in [0.15, 0.2) is 24.3 Å². The Bertz CT molecular complexity index is 546. The van der Waals surface area contributed by atoms with Gasteiger partial charge in [0.1, 0.15) is 5.75 Å². The molecule has 1 aromatic carbocycles. The van der Waals surface area contributed by atoms with Crippen molar-refractivity contribution in [1.29, 1.82) is 0 Å². The smallest absolute Gasteiger partial charge is 0.229 e. The van der Waals surface area contributed by atoms with E-state index in [9.17, 15) is 9.59 Å². The van der Waals surface area contributed by atoms with Gasteiger partial charge in [-0.05, 0) is 29.7 Å². The number of carbonyl (C=O) groups excluding carboxylic acids is 2. The third-order valence-corrected chi connectivity index (χ3v) is 3.57. The second-order valence-electron chi connectivity index (χ2n) is 6.91. The molecule has 1 fully saturated rings. The van der Waals surface area contributed by atoms with Crippen LogP contribution in [0.2, 0.25) is 0 Å². The zero-order chi connectivity index (χ0) is 16.3. The number of anilines is 1. The fraction of sp³-hybridized carbons (Fsp3) is 0.529. The van der Waals surface area contributed by atoms with E-state index in [0.29, 0.717) is 19.4 Å². The van der Waals surface area contributed by atoms with Crippen LogP contribution >= 0.6 is 0 Å². The summed E-state index contributed by atoms with van der Waals surface area (Å²) in [5, 5.41) is 2.96. The van der Waals surface area contributed by atoms with Gasteiger partial charge in [-0.1, -0.05) is 20.8 Å². The van der Waals surface area contributed by atoms with Gasteiger partial charge in [-0.2, -0.15) is 0 Å². The molecular weight excluding hydrogens is 280 g/mol. The van der Waals surface area contributed by atoms with Crippen LogP contribution in [0.25, 0.3) is 0 Å². The molecule has 1 aliphatic heterocycles. The summed E-state index contributed by atoms with van der Waals surface area (Å²) in [6.45, 7) is 6.59. The Hall–Kier alpha value is -2.04. The number of carbonyl (C=O) groups is 2. The molecule has 0 bridgehead atoms. The Balaban J connectivity index is 1.97. The number of ether oxygens (including phenoxy) is 1. The van der Waals surface area contributed by atoms with Crippen LogP contribution in [0.3, 0.4) is 0 Å². The van der Waals surface area contributed by atoms with E-state index < -0.39 is 0 Å². The van der Waals surface area contributed by atoms with Crippen LogP contribution in [0.1, 0.15) is 33.6 Å². The van der Waals surface area contributed by atoms with Crippen LogP contribution in [0.5, 0.6) is 5.75 Å². The highest BCUT2D eigenvalue weighted by Gasteiger charge is 2.32. The third-order valence-electron chi connectivity index (χ3n) is 3.57. The summed E-state index contributed by atoms with van der Waals surface area (Å²) in [7, 11) is 1.61. The van der Waals surface area contributed by atoms with Gasteiger partial charge in [-0.25, -0.2) is 0 Å². The molecule has 1 heterocycles. The number of nitrogens with zero attached hydrogens (tertiary/aromatic N) is 1. The molecule has 22 heavy (non-hydrogen) atoms. The van der Waals surface area contributed by atoms with Crippen LogP contribution in [-0.4, -0.2) is 31.5 Å². The molecule has 0 radical (unpaired) electrons. The number of rotatable bonds is 4. The summed E-state index contributed by atoms with van der Waals surface area (Å²) in [6, 6.07) is 7.25. The summed E-state index contributed by atoms with van der Waals surface area (Å²) in [4.78, 5) is 25.9. The molecule has 1 aromatic rings. The molecule has 1 saturated heterocycles. The fourth-order valence-corrected chi connectivity index (χ4v) is 2.58. The van der Waals surface area contributed by atoms with E-state index in [1.165, 1.54) is 0 Å². The van der Waals surface area contributed by atoms with Gasteiger partial charge in [-0.15, -0.1) is 0 Å². The highest BCUT2D eigenvalue weighted by atomic mass is 16.5. The van der Waals surface area contributed by atoms with Crippen molar-refractivity contribution in [2.45, 2.75) is 39.7 Å². The highest BCUT2D eigenvalue weighted by Crippen LogP contribution is 2.24. The molecule has 5 nitrogen and oxygen atoms in total. The standard InChI is InChI=1S/C17H24N2O3/c1-17(2,3)10-15(20)18-12-9-16(21)19(11-12)13-5-7-14(22-4)8-6-13/h5-8,12H,9-11H2,1-4H3,(H,18,20)/t12-/m0/s1. The summed E-state index contributed by atoms with van der Waals surface area (Å²) < 4.78 is 5.12. The van der Waals surface area contributed by atoms with E-state index in [-0.39, 0.29) is 23.3 Å². The van der Waals surface area contributed by atoms with Crippen molar-refractivity contribution < 1.29 is 14.3 Å². The molecule has 1 N–H and O–H groups in total. The lowest BCUT2D eigenvalue weighted by molar-refractivity contribution is -0.123. The van der Waals surface area contributed by atoms with Crippen molar-refractivity contribution in [1.82, 2.24) is 5.32 Å². The Labute approximate surface area is 131 Å². The van der Waals surface area contributed by atoms with Gasteiger partial charge in [0.2, 0.25) is 11.8 Å². The lowest BCUT2D eigenvalue weighted by Gasteiger charge is -2.20. The minimum atomic E-state index is -0.121. The molecule has 0 saturated carbocycles. The fourth-order valence-electron chi connectivity index (χ4n) is 2.58. The first kappa shape index (κ1) is 16.3. The Morgan fingerprint density at radius 3 is 2.50 bits per heavy atom. The highest BCUT2D eigenvalue weighted by molar-refractivity contribution is 5.96. The topological polar surface area (TPSA) is 58.6 Å². The monoisotopic (exact) mass is 304 g/mol. The summed E-state index contributed by atoms with van der Waals surface area (Å²) >= 11 is 0. The maximum atomic E-state index is 12.1. The Kier molecular flexibility index (Phi) is 4.74. The lowest BCUT2D eigenvalue weighted by Crippen LogP contribution is -2.38. The second-order valence-corrected chi connectivity index (χ2v) is 6.91. The predicted molar refractivity (Wildman–Crippen MR) is 86.0 cm³/mol. The molecule has 2 amide bonds. The number of hydrogen-bond acceptors (Lipinski definition) is 3. The van der Waals surface area contributed by atoms with Crippen molar-refractivity contribution >= 4 is 17.5 Å². The number of methoxy groups -OCH3 is 1. The Morgan fingerprint density at radius 2 is 1.95 bits per heavy atom. The summed E-state index contributed by atoms with van der Waals surface area (Å²) in [6.07, 6.45) is 0.808. The van der Waals surface area contributed by atoms with E-state index in [1.807, 2.05) is 45.0 Å².